The first-order chi connectivity index (χ1) is 17.1. The van der Waals surface area contributed by atoms with Gasteiger partial charge in [0.1, 0.15) is 18.2 Å². The topological polar surface area (TPSA) is 57.5 Å². The van der Waals surface area contributed by atoms with Crippen LogP contribution in [0.15, 0.2) is 36.4 Å². The highest BCUT2D eigenvalue weighted by atomic mass is 19.1. The maximum atomic E-state index is 16.2. The summed E-state index contributed by atoms with van der Waals surface area (Å²) in [6.45, 7) is 6.06. The van der Waals surface area contributed by atoms with Crippen LogP contribution in [-0.4, -0.2) is 59.2 Å². The molecule has 1 aliphatic carbocycles. The Kier molecular flexibility index (Phi) is 5.19. The molecular formula is C29H35FN4O. The van der Waals surface area contributed by atoms with Gasteiger partial charge < -0.3 is 15.5 Å². The molecule has 7 rings (SSSR count). The second-order valence-electron chi connectivity index (χ2n) is 11.1. The predicted molar refractivity (Wildman–Crippen MR) is 136 cm³/mol. The van der Waals surface area contributed by atoms with Gasteiger partial charge in [0.25, 0.3) is 0 Å². The minimum absolute atomic E-state index is 0.00591. The Morgan fingerprint density at radius 2 is 1.97 bits per heavy atom. The first-order valence-corrected chi connectivity index (χ1v) is 13.4. The van der Waals surface area contributed by atoms with Crippen molar-refractivity contribution >= 4 is 10.9 Å². The molecule has 0 radical (unpaired) electrons. The van der Waals surface area contributed by atoms with Gasteiger partial charge in [-0.2, -0.15) is 0 Å². The van der Waals surface area contributed by atoms with Crippen LogP contribution in [0.2, 0.25) is 0 Å². The molecule has 0 spiro atoms. The largest absolute Gasteiger partial charge is 0.492 e. The second-order valence-corrected chi connectivity index (χ2v) is 11.1. The van der Waals surface area contributed by atoms with E-state index in [-0.39, 0.29) is 29.9 Å². The molecule has 3 N–H and O–H groups in total. The van der Waals surface area contributed by atoms with Crippen LogP contribution >= 0.6 is 0 Å². The normalized spacial score (nSPS) is 30.2. The van der Waals surface area contributed by atoms with Crippen molar-refractivity contribution in [1.82, 2.24) is 14.8 Å². The van der Waals surface area contributed by atoms with Crippen LogP contribution in [0.5, 0.6) is 5.75 Å². The summed E-state index contributed by atoms with van der Waals surface area (Å²) in [5.74, 6) is 0.648. The molecule has 1 aromatic heterocycles. The number of rotatable bonds is 4. The van der Waals surface area contributed by atoms with Gasteiger partial charge in [-0.25, -0.2) is 4.39 Å². The number of likely N-dealkylation sites (tertiary alicyclic amines) is 1. The lowest BCUT2D eigenvalue weighted by molar-refractivity contribution is 0.0863. The maximum Gasteiger partial charge on any atom is 0.132 e. The van der Waals surface area contributed by atoms with E-state index in [2.05, 4.69) is 52.0 Å². The summed E-state index contributed by atoms with van der Waals surface area (Å²) >= 11 is 0. The lowest BCUT2D eigenvalue weighted by Crippen LogP contribution is -2.52. The Morgan fingerprint density at radius 1 is 1.14 bits per heavy atom. The lowest BCUT2D eigenvalue weighted by Gasteiger charge is -2.45. The van der Waals surface area contributed by atoms with Gasteiger partial charge in [-0.3, -0.25) is 9.80 Å². The maximum absolute atomic E-state index is 16.2. The summed E-state index contributed by atoms with van der Waals surface area (Å²) in [6.07, 6.45) is 5.55. The van der Waals surface area contributed by atoms with Gasteiger partial charge in [0.15, 0.2) is 0 Å². The monoisotopic (exact) mass is 474 g/mol. The number of aromatic nitrogens is 1. The second kappa shape index (κ2) is 8.32. The van der Waals surface area contributed by atoms with Crippen LogP contribution in [0.1, 0.15) is 67.0 Å². The highest BCUT2D eigenvalue weighted by Crippen LogP contribution is 2.53. The third kappa shape index (κ3) is 3.37. The van der Waals surface area contributed by atoms with E-state index in [4.69, 9.17) is 10.5 Å². The Hall–Kier alpha value is -2.41. The highest BCUT2D eigenvalue weighted by molar-refractivity contribution is 5.85. The molecule has 0 amide bonds. The van der Waals surface area contributed by atoms with Crippen LogP contribution in [0.3, 0.4) is 0 Å². The fourth-order valence-electron chi connectivity index (χ4n) is 7.59. The molecule has 3 aromatic rings. The number of H-pyrrole nitrogens is 1. The van der Waals surface area contributed by atoms with Gasteiger partial charge in [0.2, 0.25) is 0 Å². The van der Waals surface area contributed by atoms with Gasteiger partial charge in [-0.05, 0) is 75.4 Å². The third-order valence-electron chi connectivity index (χ3n) is 9.17. The molecule has 4 heterocycles. The Balaban J connectivity index is 1.33. The van der Waals surface area contributed by atoms with E-state index in [0.717, 1.165) is 61.2 Å². The molecule has 5 atom stereocenters. The fraction of sp³-hybridized carbons (Fsp3) is 0.517. The SMILES string of the molecule is C[C@@H]1Cc2c([nH]c3ccccc23)[C@H]2c3c(F)cc(OCCN4CCCC4)cc3C3CCC(C3N)N21. The van der Waals surface area contributed by atoms with Gasteiger partial charge in [0.05, 0.1) is 6.04 Å². The van der Waals surface area contributed by atoms with Crippen molar-refractivity contribution in [3.05, 3.63) is 64.6 Å². The quantitative estimate of drug-likeness (QED) is 0.575. The summed E-state index contributed by atoms with van der Waals surface area (Å²) in [5, 5.41) is 1.26. The van der Waals surface area contributed by atoms with Gasteiger partial charge >= 0.3 is 0 Å². The van der Waals surface area contributed by atoms with E-state index >= 15 is 4.39 Å². The van der Waals surface area contributed by atoms with E-state index in [1.165, 1.54) is 23.8 Å². The molecule has 2 bridgehead atoms. The van der Waals surface area contributed by atoms with Crippen LogP contribution in [0, 0.1) is 5.82 Å². The number of halogens is 1. The number of hydrogen-bond donors (Lipinski definition) is 2. The van der Waals surface area contributed by atoms with Crippen LogP contribution < -0.4 is 10.5 Å². The van der Waals surface area contributed by atoms with E-state index in [1.54, 1.807) is 6.07 Å². The molecule has 184 valence electrons. The minimum Gasteiger partial charge on any atom is -0.492 e. The number of nitrogens with zero attached hydrogens (tertiary/aromatic N) is 2. The number of nitrogens with one attached hydrogen (secondary N) is 1. The molecule has 4 aliphatic rings. The zero-order chi connectivity index (χ0) is 23.7. The van der Waals surface area contributed by atoms with Crippen molar-refractivity contribution in [2.45, 2.75) is 69.1 Å². The van der Waals surface area contributed by atoms with Crippen LogP contribution in [0.25, 0.3) is 10.9 Å². The van der Waals surface area contributed by atoms with Crippen molar-refractivity contribution < 1.29 is 9.13 Å². The Morgan fingerprint density at radius 3 is 2.83 bits per heavy atom. The zero-order valence-corrected chi connectivity index (χ0v) is 20.5. The van der Waals surface area contributed by atoms with Crippen molar-refractivity contribution in [3.63, 3.8) is 0 Å². The Bertz CT molecular complexity index is 1270. The first-order valence-electron chi connectivity index (χ1n) is 13.4. The number of hydrogen-bond acceptors (Lipinski definition) is 4. The number of ether oxygens (including phenoxy) is 1. The molecule has 5 nitrogen and oxygen atoms in total. The molecule has 3 unspecified atom stereocenters. The molecule has 6 heteroatoms. The molecular weight excluding hydrogens is 439 g/mol. The van der Waals surface area contributed by atoms with Crippen molar-refractivity contribution in [2.75, 3.05) is 26.2 Å². The molecule has 35 heavy (non-hydrogen) atoms. The smallest absolute Gasteiger partial charge is 0.132 e. The number of para-hydroxylation sites is 1. The van der Waals surface area contributed by atoms with E-state index in [0.29, 0.717) is 18.4 Å². The van der Waals surface area contributed by atoms with Crippen LogP contribution in [-0.2, 0) is 6.42 Å². The summed E-state index contributed by atoms with van der Waals surface area (Å²) in [6, 6.07) is 12.6. The van der Waals surface area contributed by atoms with Gasteiger partial charge in [0, 0.05) is 58.8 Å². The van der Waals surface area contributed by atoms with E-state index < -0.39 is 0 Å². The minimum atomic E-state index is -0.160. The standard InChI is InChI=1S/C29H35FN4O/c1-17-14-22-19-6-2-3-7-24(19)32-28(22)29-26-21(20-8-9-25(27(20)31)34(17)29)15-18(16-23(26)30)35-13-12-33-10-4-5-11-33/h2-3,6-7,15-17,20,25,27,29,32H,4-5,8-14,31H2,1H3/t17-,20?,25?,27?,29-/m1/s1. The molecule has 3 aliphatic heterocycles. The van der Waals surface area contributed by atoms with Crippen molar-refractivity contribution in [3.8, 4) is 5.75 Å². The summed E-state index contributed by atoms with van der Waals surface area (Å²) in [5.41, 5.74) is 12.4. The van der Waals surface area contributed by atoms with Gasteiger partial charge in [-0.1, -0.05) is 18.2 Å². The number of aromatic amines is 1. The van der Waals surface area contributed by atoms with Crippen molar-refractivity contribution in [1.29, 1.82) is 0 Å². The average Bonchev–Trinajstić information content (AvgIpc) is 3.55. The molecule has 2 fully saturated rings. The lowest BCUT2D eigenvalue weighted by atomic mass is 9.83. The summed E-state index contributed by atoms with van der Waals surface area (Å²) in [4.78, 5) is 8.66. The summed E-state index contributed by atoms with van der Waals surface area (Å²) in [7, 11) is 0. The molecule has 2 aromatic carbocycles. The van der Waals surface area contributed by atoms with E-state index in [9.17, 15) is 0 Å². The Labute approximate surface area is 206 Å². The van der Waals surface area contributed by atoms with Gasteiger partial charge in [-0.15, -0.1) is 0 Å². The first kappa shape index (κ1) is 21.8. The number of nitrogens with two attached hydrogens (primary N) is 1. The van der Waals surface area contributed by atoms with E-state index in [1.807, 2.05) is 0 Å². The molecule has 1 saturated heterocycles. The van der Waals surface area contributed by atoms with Crippen molar-refractivity contribution in [2.24, 2.45) is 5.73 Å². The molecule has 1 saturated carbocycles. The third-order valence-corrected chi connectivity index (χ3v) is 9.17. The average molecular weight is 475 g/mol. The van der Waals surface area contributed by atoms with Crippen LogP contribution in [0.4, 0.5) is 4.39 Å². The summed E-state index contributed by atoms with van der Waals surface area (Å²) < 4.78 is 22.3. The highest BCUT2D eigenvalue weighted by Gasteiger charge is 2.50. The zero-order valence-electron chi connectivity index (χ0n) is 20.5. The fourth-order valence-corrected chi connectivity index (χ4v) is 7.59. The predicted octanol–water partition coefficient (Wildman–Crippen LogP) is 4.70. The number of fused-ring (bicyclic) bond motifs is 11. The number of benzene rings is 2.